The van der Waals surface area contributed by atoms with Crippen molar-refractivity contribution < 1.29 is 14.8 Å². The van der Waals surface area contributed by atoms with Gasteiger partial charge in [-0.05, 0) is 40.5 Å². The Hall–Kier alpha value is -1.18. The Kier molecular flexibility index (Phi) is 4.56. The molecule has 21 heavy (non-hydrogen) atoms. The lowest BCUT2D eigenvalue weighted by Gasteiger charge is -2.38. The SMILES string of the molecule is CC(C)(O)C(C)(C)OB(O)c1cnc(N2CCCC2)nc1. The van der Waals surface area contributed by atoms with Crippen LogP contribution in [0.15, 0.2) is 12.4 Å². The molecule has 1 fully saturated rings. The first-order chi connectivity index (χ1) is 9.71. The molecular weight excluding hydrogens is 269 g/mol. The molecule has 0 unspecified atom stereocenters. The zero-order chi connectivity index (χ0) is 15.7. The van der Waals surface area contributed by atoms with Crippen LogP contribution in [0.25, 0.3) is 0 Å². The van der Waals surface area contributed by atoms with Crippen molar-refractivity contribution in [3.8, 4) is 0 Å². The number of aliphatic hydroxyl groups is 1. The van der Waals surface area contributed by atoms with Crippen LogP contribution in [-0.2, 0) is 4.65 Å². The molecule has 6 nitrogen and oxygen atoms in total. The van der Waals surface area contributed by atoms with Crippen molar-refractivity contribution in [1.82, 2.24) is 9.97 Å². The van der Waals surface area contributed by atoms with Crippen LogP contribution in [0.5, 0.6) is 0 Å². The first kappa shape index (κ1) is 16.2. The van der Waals surface area contributed by atoms with Crippen molar-refractivity contribution in [2.24, 2.45) is 0 Å². The molecule has 0 amide bonds. The van der Waals surface area contributed by atoms with Gasteiger partial charge in [-0.3, -0.25) is 0 Å². The van der Waals surface area contributed by atoms with Crippen molar-refractivity contribution in [1.29, 1.82) is 0 Å². The van der Waals surface area contributed by atoms with E-state index in [0.717, 1.165) is 25.9 Å². The van der Waals surface area contributed by atoms with E-state index in [4.69, 9.17) is 4.65 Å². The van der Waals surface area contributed by atoms with Crippen molar-refractivity contribution in [3.63, 3.8) is 0 Å². The van der Waals surface area contributed by atoms with E-state index in [2.05, 4.69) is 14.9 Å². The molecule has 1 aromatic rings. The molecule has 2 rings (SSSR count). The number of nitrogens with zero attached hydrogens (tertiary/aromatic N) is 3. The molecule has 0 radical (unpaired) electrons. The minimum absolute atomic E-state index is 0.482. The van der Waals surface area contributed by atoms with Gasteiger partial charge in [-0.15, -0.1) is 0 Å². The third kappa shape index (κ3) is 3.72. The average molecular weight is 293 g/mol. The minimum Gasteiger partial charge on any atom is -0.423 e. The Morgan fingerprint density at radius 1 is 1.14 bits per heavy atom. The van der Waals surface area contributed by atoms with Crippen LogP contribution in [-0.4, -0.2) is 51.5 Å². The average Bonchev–Trinajstić information content (AvgIpc) is 2.91. The van der Waals surface area contributed by atoms with Gasteiger partial charge in [0, 0.05) is 30.9 Å². The van der Waals surface area contributed by atoms with Crippen LogP contribution in [0.2, 0.25) is 0 Å². The van der Waals surface area contributed by atoms with Crippen molar-refractivity contribution >= 4 is 18.5 Å². The summed E-state index contributed by atoms with van der Waals surface area (Å²) in [6, 6.07) is 0. The van der Waals surface area contributed by atoms with Crippen molar-refractivity contribution in [3.05, 3.63) is 12.4 Å². The maximum Gasteiger partial charge on any atom is 0.494 e. The molecule has 0 aromatic carbocycles. The molecule has 116 valence electrons. The van der Waals surface area contributed by atoms with Gasteiger partial charge >= 0.3 is 7.12 Å². The zero-order valence-electron chi connectivity index (χ0n) is 13.2. The molecule has 0 saturated carbocycles. The Morgan fingerprint density at radius 3 is 2.14 bits per heavy atom. The lowest BCUT2D eigenvalue weighted by Crippen LogP contribution is -2.53. The number of anilines is 1. The second-order valence-corrected chi connectivity index (χ2v) is 6.55. The molecule has 1 aliphatic heterocycles. The summed E-state index contributed by atoms with van der Waals surface area (Å²) in [5, 5.41) is 20.2. The fourth-order valence-corrected chi connectivity index (χ4v) is 2.03. The first-order valence-corrected chi connectivity index (χ1v) is 7.36. The standard InChI is InChI=1S/C14H24BN3O3/c1-13(2,19)14(3,4)21-15(20)11-9-16-12(17-10-11)18-7-5-6-8-18/h9-10,19-20H,5-8H2,1-4H3. The lowest BCUT2D eigenvalue weighted by atomic mass is 9.78. The van der Waals surface area contributed by atoms with Gasteiger partial charge in [0.25, 0.3) is 0 Å². The number of hydrogen-bond acceptors (Lipinski definition) is 6. The van der Waals surface area contributed by atoms with E-state index >= 15 is 0 Å². The van der Waals surface area contributed by atoms with E-state index in [1.165, 1.54) is 0 Å². The summed E-state index contributed by atoms with van der Waals surface area (Å²) in [4.78, 5) is 10.7. The first-order valence-electron chi connectivity index (χ1n) is 7.36. The number of aromatic nitrogens is 2. The van der Waals surface area contributed by atoms with Crippen LogP contribution in [0.3, 0.4) is 0 Å². The second kappa shape index (κ2) is 5.91. The van der Waals surface area contributed by atoms with Crippen molar-refractivity contribution in [2.45, 2.75) is 51.7 Å². The van der Waals surface area contributed by atoms with Gasteiger partial charge in [0.05, 0.1) is 11.2 Å². The minimum atomic E-state index is -1.17. The smallest absolute Gasteiger partial charge is 0.423 e. The highest BCUT2D eigenvalue weighted by Gasteiger charge is 2.39. The zero-order valence-corrected chi connectivity index (χ0v) is 13.2. The van der Waals surface area contributed by atoms with Crippen LogP contribution >= 0.6 is 0 Å². The van der Waals surface area contributed by atoms with E-state index in [-0.39, 0.29) is 0 Å². The monoisotopic (exact) mass is 293 g/mol. The normalized spacial score (nSPS) is 16.4. The molecule has 1 aliphatic rings. The largest absolute Gasteiger partial charge is 0.494 e. The maximum atomic E-state index is 10.1. The fraction of sp³-hybridized carbons (Fsp3) is 0.714. The topological polar surface area (TPSA) is 78.7 Å². The Balaban J connectivity index is 2.04. The molecule has 0 bridgehead atoms. The van der Waals surface area contributed by atoms with Gasteiger partial charge in [0.2, 0.25) is 5.95 Å². The van der Waals surface area contributed by atoms with Gasteiger partial charge in [-0.1, -0.05) is 0 Å². The maximum absolute atomic E-state index is 10.1. The lowest BCUT2D eigenvalue weighted by molar-refractivity contribution is -0.0982. The predicted molar refractivity (Wildman–Crippen MR) is 82.5 cm³/mol. The molecule has 2 N–H and O–H groups in total. The summed E-state index contributed by atoms with van der Waals surface area (Å²) in [5.74, 6) is 0.685. The van der Waals surface area contributed by atoms with E-state index in [1.54, 1.807) is 40.1 Å². The summed E-state index contributed by atoms with van der Waals surface area (Å²) in [6.07, 6.45) is 5.48. The summed E-state index contributed by atoms with van der Waals surface area (Å²) in [5.41, 5.74) is -1.50. The molecule has 0 aliphatic carbocycles. The summed E-state index contributed by atoms with van der Waals surface area (Å²) in [7, 11) is -1.17. The molecule has 7 heteroatoms. The van der Waals surface area contributed by atoms with E-state index in [1.807, 2.05) is 0 Å². The summed E-state index contributed by atoms with van der Waals surface area (Å²) in [6.45, 7) is 8.71. The molecule has 1 saturated heterocycles. The van der Waals surface area contributed by atoms with Gasteiger partial charge in [0.1, 0.15) is 0 Å². The Labute approximate surface area is 126 Å². The third-order valence-electron chi connectivity index (χ3n) is 4.21. The molecular formula is C14H24BN3O3. The Bertz CT molecular complexity index is 467. The highest BCUT2D eigenvalue weighted by Crippen LogP contribution is 2.25. The van der Waals surface area contributed by atoms with Crippen LogP contribution in [0.4, 0.5) is 5.95 Å². The van der Waals surface area contributed by atoms with Crippen LogP contribution in [0.1, 0.15) is 40.5 Å². The van der Waals surface area contributed by atoms with Crippen LogP contribution < -0.4 is 10.4 Å². The van der Waals surface area contributed by atoms with E-state index in [0.29, 0.717) is 11.4 Å². The van der Waals surface area contributed by atoms with Crippen LogP contribution in [0, 0.1) is 0 Å². The van der Waals surface area contributed by atoms with E-state index < -0.39 is 18.3 Å². The molecule has 0 atom stereocenters. The van der Waals surface area contributed by atoms with Gasteiger partial charge in [0.15, 0.2) is 0 Å². The van der Waals surface area contributed by atoms with Gasteiger partial charge in [-0.25, -0.2) is 9.97 Å². The third-order valence-corrected chi connectivity index (χ3v) is 4.21. The molecule has 0 spiro atoms. The number of rotatable bonds is 5. The summed E-state index contributed by atoms with van der Waals surface area (Å²) >= 11 is 0. The van der Waals surface area contributed by atoms with Gasteiger partial charge in [-0.2, -0.15) is 0 Å². The quantitative estimate of drug-likeness (QED) is 0.762. The fourth-order valence-electron chi connectivity index (χ4n) is 2.03. The molecule has 2 heterocycles. The highest BCUT2D eigenvalue weighted by atomic mass is 16.5. The van der Waals surface area contributed by atoms with Gasteiger partial charge < -0.3 is 19.7 Å². The highest BCUT2D eigenvalue weighted by molar-refractivity contribution is 6.59. The molecule has 1 aromatic heterocycles. The van der Waals surface area contributed by atoms with Crippen molar-refractivity contribution in [2.75, 3.05) is 18.0 Å². The Morgan fingerprint density at radius 2 is 1.67 bits per heavy atom. The predicted octanol–water partition coefficient (Wildman–Crippen LogP) is 0.330. The van der Waals surface area contributed by atoms with E-state index in [9.17, 15) is 10.1 Å². The second-order valence-electron chi connectivity index (χ2n) is 6.55. The summed E-state index contributed by atoms with van der Waals surface area (Å²) < 4.78 is 5.57. The number of hydrogen-bond donors (Lipinski definition) is 2.